The number of rotatable bonds is 2. The van der Waals surface area contributed by atoms with Crippen LogP contribution >= 0.6 is 11.8 Å². The fourth-order valence-corrected chi connectivity index (χ4v) is 3.21. The molecule has 26 heavy (non-hydrogen) atoms. The molecule has 3 aromatic rings. The summed E-state index contributed by atoms with van der Waals surface area (Å²) in [4.78, 5) is 18.5. The van der Waals surface area contributed by atoms with Gasteiger partial charge in [-0.05, 0) is 31.4 Å². The summed E-state index contributed by atoms with van der Waals surface area (Å²) in [5, 5.41) is 8.90. The van der Waals surface area contributed by atoms with Gasteiger partial charge in [0.15, 0.2) is 11.5 Å². The van der Waals surface area contributed by atoms with Crippen molar-refractivity contribution in [1.82, 2.24) is 15.2 Å². The van der Waals surface area contributed by atoms with Crippen molar-refractivity contribution in [2.75, 3.05) is 11.2 Å². The molecule has 0 N–H and O–H groups in total. The SMILES string of the molecule is CSc1nnc2c(n1)OC(c1ccc(C)o1)N(C(C)=O)c1ccccc1-2. The molecule has 7 nitrogen and oxygen atoms in total. The number of anilines is 1. The Hall–Kier alpha value is -2.87. The Morgan fingerprint density at radius 1 is 1.19 bits per heavy atom. The summed E-state index contributed by atoms with van der Waals surface area (Å²) in [7, 11) is 0. The lowest BCUT2D eigenvalue weighted by molar-refractivity contribution is -0.118. The summed E-state index contributed by atoms with van der Waals surface area (Å²) in [6.07, 6.45) is 1.08. The second-order valence-electron chi connectivity index (χ2n) is 5.78. The highest BCUT2D eigenvalue weighted by atomic mass is 32.2. The quantitative estimate of drug-likeness (QED) is 0.639. The maximum absolute atomic E-state index is 12.5. The fraction of sp³-hybridized carbons (Fsp3) is 0.222. The Morgan fingerprint density at radius 3 is 2.69 bits per heavy atom. The zero-order valence-corrected chi connectivity index (χ0v) is 15.3. The third-order valence-corrected chi connectivity index (χ3v) is 4.58. The van der Waals surface area contributed by atoms with E-state index in [4.69, 9.17) is 9.15 Å². The molecule has 0 bridgehead atoms. The molecule has 2 aromatic heterocycles. The van der Waals surface area contributed by atoms with Crippen molar-refractivity contribution in [2.24, 2.45) is 0 Å². The van der Waals surface area contributed by atoms with Gasteiger partial charge in [-0.1, -0.05) is 30.0 Å². The number of thioether (sulfide) groups is 1. The van der Waals surface area contributed by atoms with E-state index in [1.165, 1.54) is 18.7 Å². The number of ether oxygens (including phenoxy) is 1. The predicted octanol–water partition coefficient (Wildman–Crippen LogP) is 3.61. The van der Waals surface area contributed by atoms with Gasteiger partial charge in [0, 0.05) is 12.5 Å². The Morgan fingerprint density at radius 2 is 2.00 bits per heavy atom. The number of nitrogens with zero attached hydrogens (tertiary/aromatic N) is 4. The summed E-state index contributed by atoms with van der Waals surface area (Å²) in [6.45, 7) is 3.33. The minimum absolute atomic E-state index is 0.178. The first-order valence-electron chi connectivity index (χ1n) is 7.99. The van der Waals surface area contributed by atoms with E-state index in [0.717, 1.165) is 11.3 Å². The van der Waals surface area contributed by atoms with Crippen molar-refractivity contribution in [3.05, 3.63) is 47.9 Å². The van der Waals surface area contributed by atoms with Crippen LogP contribution in [0.25, 0.3) is 11.3 Å². The van der Waals surface area contributed by atoms with Gasteiger partial charge in [-0.3, -0.25) is 9.69 Å². The minimum Gasteiger partial charge on any atom is -0.460 e. The number of furan rings is 1. The monoisotopic (exact) mass is 368 g/mol. The highest BCUT2D eigenvalue weighted by Crippen LogP contribution is 2.43. The lowest BCUT2D eigenvalue weighted by Gasteiger charge is -2.28. The summed E-state index contributed by atoms with van der Waals surface area (Å²) in [6, 6.07) is 11.1. The average molecular weight is 368 g/mol. The van der Waals surface area contributed by atoms with Crippen LogP contribution in [0.5, 0.6) is 5.88 Å². The zero-order valence-electron chi connectivity index (χ0n) is 14.5. The van der Waals surface area contributed by atoms with Crippen LogP contribution in [-0.4, -0.2) is 27.3 Å². The van der Waals surface area contributed by atoms with Crippen LogP contribution in [0, 0.1) is 6.92 Å². The number of fused-ring (bicyclic) bond motifs is 3. The standard InChI is InChI=1S/C18H16N4O3S/c1-10-8-9-14(24-10)17-22(11(2)23)13-7-5-4-6-12(13)15-16(25-17)19-18(26-3)21-20-15/h4-9,17H,1-3H3. The van der Waals surface area contributed by atoms with E-state index in [9.17, 15) is 4.79 Å². The Labute approximate surface area is 154 Å². The Kier molecular flexibility index (Phi) is 4.12. The third kappa shape index (κ3) is 2.72. The normalized spacial score (nSPS) is 15.7. The third-order valence-electron chi connectivity index (χ3n) is 4.04. The highest BCUT2D eigenvalue weighted by molar-refractivity contribution is 7.98. The number of benzene rings is 1. The molecule has 0 saturated carbocycles. The van der Waals surface area contributed by atoms with Crippen molar-refractivity contribution < 1.29 is 13.9 Å². The Balaban J connectivity index is 1.97. The molecule has 1 aromatic carbocycles. The number of carbonyl (C=O) groups is 1. The molecule has 0 fully saturated rings. The molecule has 0 spiro atoms. The van der Waals surface area contributed by atoms with E-state index >= 15 is 0 Å². The number of aryl methyl sites for hydroxylation is 1. The highest BCUT2D eigenvalue weighted by Gasteiger charge is 2.36. The van der Waals surface area contributed by atoms with Crippen LogP contribution in [0.3, 0.4) is 0 Å². The van der Waals surface area contributed by atoms with Gasteiger partial charge in [-0.15, -0.1) is 10.2 Å². The van der Waals surface area contributed by atoms with E-state index in [-0.39, 0.29) is 5.91 Å². The second kappa shape index (κ2) is 6.45. The minimum atomic E-state index is -0.782. The first kappa shape index (κ1) is 16.6. The maximum Gasteiger partial charge on any atom is 0.247 e. The molecule has 0 aliphatic carbocycles. The topological polar surface area (TPSA) is 81.3 Å². The van der Waals surface area contributed by atoms with E-state index in [0.29, 0.717) is 28.2 Å². The van der Waals surface area contributed by atoms with Gasteiger partial charge in [0.25, 0.3) is 0 Å². The van der Waals surface area contributed by atoms with Crippen LogP contribution < -0.4 is 9.64 Å². The number of carbonyl (C=O) groups excluding carboxylic acids is 1. The van der Waals surface area contributed by atoms with E-state index in [1.807, 2.05) is 43.5 Å². The molecule has 0 saturated heterocycles. The summed E-state index contributed by atoms with van der Waals surface area (Å²) < 4.78 is 11.9. The molecule has 132 valence electrons. The van der Waals surface area contributed by atoms with Crippen LogP contribution in [0.15, 0.2) is 46.0 Å². The van der Waals surface area contributed by atoms with Crippen LogP contribution in [0.1, 0.15) is 24.7 Å². The molecule has 1 amide bonds. The summed E-state index contributed by atoms with van der Waals surface area (Å²) in [5.74, 6) is 1.39. The molecule has 0 radical (unpaired) electrons. The lowest BCUT2D eigenvalue weighted by Crippen LogP contribution is -2.35. The van der Waals surface area contributed by atoms with Crippen molar-refractivity contribution in [3.8, 4) is 17.1 Å². The molecule has 1 aliphatic rings. The van der Waals surface area contributed by atoms with Gasteiger partial charge in [0.2, 0.25) is 23.2 Å². The summed E-state index contributed by atoms with van der Waals surface area (Å²) in [5.41, 5.74) is 1.90. The number of amides is 1. The maximum atomic E-state index is 12.5. The average Bonchev–Trinajstić information content (AvgIpc) is 3.01. The van der Waals surface area contributed by atoms with Gasteiger partial charge in [-0.25, -0.2) is 0 Å². The van der Waals surface area contributed by atoms with Crippen molar-refractivity contribution in [3.63, 3.8) is 0 Å². The molecule has 1 atom stereocenters. The van der Waals surface area contributed by atoms with Gasteiger partial charge < -0.3 is 9.15 Å². The second-order valence-corrected chi connectivity index (χ2v) is 6.55. The molecule has 8 heteroatoms. The lowest BCUT2D eigenvalue weighted by atomic mass is 10.1. The largest absolute Gasteiger partial charge is 0.460 e. The van der Waals surface area contributed by atoms with Crippen LogP contribution in [0.4, 0.5) is 5.69 Å². The first-order valence-corrected chi connectivity index (χ1v) is 9.22. The first-order chi connectivity index (χ1) is 12.6. The van der Waals surface area contributed by atoms with Crippen molar-refractivity contribution in [1.29, 1.82) is 0 Å². The molecule has 4 rings (SSSR count). The molecule has 3 heterocycles. The number of hydrogen-bond donors (Lipinski definition) is 0. The Bertz CT molecular complexity index is 988. The van der Waals surface area contributed by atoms with Crippen LogP contribution in [0.2, 0.25) is 0 Å². The van der Waals surface area contributed by atoms with Crippen LogP contribution in [-0.2, 0) is 4.79 Å². The molecular formula is C18H16N4O3S. The molecular weight excluding hydrogens is 352 g/mol. The van der Waals surface area contributed by atoms with Gasteiger partial charge in [-0.2, -0.15) is 4.98 Å². The van der Waals surface area contributed by atoms with Crippen molar-refractivity contribution >= 4 is 23.4 Å². The van der Waals surface area contributed by atoms with Gasteiger partial charge >= 0.3 is 0 Å². The van der Waals surface area contributed by atoms with E-state index < -0.39 is 6.23 Å². The number of aromatic nitrogens is 3. The van der Waals surface area contributed by atoms with Gasteiger partial charge in [0.1, 0.15) is 5.76 Å². The summed E-state index contributed by atoms with van der Waals surface area (Å²) >= 11 is 1.37. The zero-order chi connectivity index (χ0) is 18.3. The smallest absolute Gasteiger partial charge is 0.247 e. The van der Waals surface area contributed by atoms with E-state index in [2.05, 4.69) is 15.2 Å². The van der Waals surface area contributed by atoms with Crippen molar-refractivity contribution in [2.45, 2.75) is 25.2 Å². The molecule has 1 unspecified atom stereocenters. The van der Waals surface area contributed by atoms with Gasteiger partial charge in [0.05, 0.1) is 5.69 Å². The molecule has 1 aliphatic heterocycles. The fourth-order valence-electron chi connectivity index (χ4n) is 2.91. The van der Waals surface area contributed by atoms with E-state index in [1.54, 1.807) is 11.0 Å². The predicted molar refractivity (Wildman–Crippen MR) is 97.0 cm³/mol. The number of para-hydroxylation sites is 1. The number of hydrogen-bond acceptors (Lipinski definition) is 7.